The van der Waals surface area contributed by atoms with Gasteiger partial charge < -0.3 is 8.83 Å². The molecule has 7 aromatic carbocycles. The fraction of sp³-hybridized carbons (Fsp3) is 0. The quantitative estimate of drug-likeness (QED) is 0.169. The zero-order chi connectivity index (χ0) is 37.0. The van der Waals surface area contributed by atoms with Crippen LogP contribution in [0, 0.1) is 0 Å². The molecule has 56 heavy (non-hydrogen) atoms. The van der Waals surface area contributed by atoms with Gasteiger partial charge >= 0.3 is 0 Å². The molecule has 7 heteroatoms. The molecule has 4 aromatic heterocycles. The zero-order valence-electron chi connectivity index (χ0n) is 29.8. The third-order valence-corrected chi connectivity index (χ3v) is 10.2. The Labute approximate surface area is 320 Å². The van der Waals surface area contributed by atoms with Crippen LogP contribution in [0.2, 0.25) is 0 Å². The average Bonchev–Trinajstić information content (AvgIpc) is 3.86. The Hall–Kier alpha value is -7.77. The van der Waals surface area contributed by atoms with Crippen LogP contribution < -0.4 is 0 Å². The van der Waals surface area contributed by atoms with Crippen LogP contribution in [0.1, 0.15) is 0 Å². The second-order valence-corrected chi connectivity index (χ2v) is 13.6. The number of furan rings is 2. The molecule has 0 aliphatic heterocycles. The van der Waals surface area contributed by atoms with Crippen molar-refractivity contribution in [2.45, 2.75) is 0 Å². The normalized spacial score (nSPS) is 11.6. The minimum Gasteiger partial charge on any atom is -0.455 e. The van der Waals surface area contributed by atoms with Crippen molar-refractivity contribution in [2.75, 3.05) is 0 Å². The van der Waals surface area contributed by atoms with Crippen molar-refractivity contribution in [3.05, 3.63) is 176 Å². The van der Waals surface area contributed by atoms with Crippen LogP contribution in [0.5, 0.6) is 0 Å². The second kappa shape index (κ2) is 13.0. The Balaban J connectivity index is 1.03. The van der Waals surface area contributed by atoms with Crippen LogP contribution in [0.4, 0.5) is 0 Å². The van der Waals surface area contributed by atoms with Gasteiger partial charge in [-0.15, -0.1) is 0 Å². The number of para-hydroxylation sites is 2. The van der Waals surface area contributed by atoms with Crippen LogP contribution in [0.3, 0.4) is 0 Å². The number of nitrogens with zero attached hydrogens (tertiary/aromatic N) is 5. The maximum absolute atomic E-state index is 6.68. The van der Waals surface area contributed by atoms with Gasteiger partial charge in [0, 0.05) is 38.4 Å². The number of hydrogen-bond donors (Lipinski definition) is 0. The van der Waals surface area contributed by atoms with E-state index in [2.05, 4.69) is 36.4 Å². The van der Waals surface area contributed by atoms with E-state index in [9.17, 15) is 0 Å². The summed E-state index contributed by atoms with van der Waals surface area (Å²) >= 11 is 0. The van der Waals surface area contributed by atoms with Gasteiger partial charge in [0.2, 0.25) is 0 Å². The van der Waals surface area contributed by atoms with Gasteiger partial charge in [0.1, 0.15) is 28.0 Å². The van der Waals surface area contributed by atoms with Crippen LogP contribution in [-0.4, -0.2) is 24.9 Å². The summed E-state index contributed by atoms with van der Waals surface area (Å²) in [5.74, 6) is 2.38. The number of aromatic nitrogens is 5. The van der Waals surface area contributed by atoms with E-state index in [1.165, 1.54) is 0 Å². The molecule has 0 radical (unpaired) electrons. The van der Waals surface area contributed by atoms with Gasteiger partial charge in [-0.1, -0.05) is 152 Å². The first-order valence-corrected chi connectivity index (χ1v) is 18.4. The minimum atomic E-state index is 0.547. The van der Waals surface area contributed by atoms with Gasteiger partial charge in [-0.05, 0) is 35.4 Å². The molecule has 0 fully saturated rings. The van der Waals surface area contributed by atoms with Crippen molar-refractivity contribution in [1.82, 2.24) is 24.9 Å². The third kappa shape index (κ3) is 5.33. The van der Waals surface area contributed by atoms with Gasteiger partial charge in [-0.3, -0.25) is 0 Å². The van der Waals surface area contributed by atoms with E-state index in [-0.39, 0.29) is 0 Å². The van der Waals surface area contributed by atoms with Crippen molar-refractivity contribution < 1.29 is 8.83 Å². The van der Waals surface area contributed by atoms with E-state index in [4.69, 9.17) is 33.8 Å². The molecule has 0 amide bonds. The first-order chi connectivity index (χ1) is 27.7. The zero-order valence-corrected chi connectivity index (χ0v) is 29.8. The van der Waals surface area contributed by atoms with Gasteiger partial charge in [0.15, 0.2) is 28.9 Å². The first-order valence-electron chi connectivity index (χ1n) is 18.4. The van der Waals surface area contributed by atoms with E-state index < -0.39 is 0 Å². The molecule has 0 atom stereocenters. The summed E-state index contributed by atoms with van der Waals surface area (Å²) in [6.45, 7) is 0. The van der Waals surface area contributed by atoms with Gasteiger partial charge in [0.25, 0.3) is 0 Å². The van der Waals surface area contributed by atoms with Crippen molar-refractivity contribution in [3.63, 3.8) is 0 Å². The molecule has 11 rings (SSSR count). The van der Waals surface area contributed by atoms with E-state index in [0.717, 1.165) is 83.1 Å². The lowest BCUT2D eigenvalue weighted by Crippen LogP contribution is -2.00. The fourth-order valence-corrected chi connectivity index (χ4v) is 7.50. The molecule has 0 aliphatic rings. The molecule has 0 saturated heterocycles. The molecule has 0 aliphatic carbocycles. The standard InChI is InChI=1S/C49H29N5O2/c1-4-14-31(15-5-1)42-45-43(36-20-10-11-24-39(36)55-45)51-46(50-42)34-28-26-30(27-29-34)35-21-13-25-40-41(35)37-22-12-23-38(44(37)56-40)49-53-47(32-16-6-2-7-17-32)52-48(54-49)33-18-8-3-9-19-33/h1-29H. The molecule has 0 saturated carbocycles. The third-order valence-electron chi connectivity index (χ3n) is 10.2. The number of benzene rings is 7. The molecule has 0 N–H and O–H groups in total. The minimum absolute atomic E-state index is 0.547. The summed E-state index contributed by atoms with van der Waals surface area (Å²) in [5, 5.41) is 2.96. The highest BCUT2D eigenvalue weighted by Crippen LogP contribution is 2.41. The molecular weight excluding hydrogens is 691 g/mol. The molecule has 0 unspecified atom stereocenters. The highest BCUT2D eigenvalue weighted by Gasteiger charge is 2.21. The predicted molar refractivity (Wildman–Crippen MR) is 223 cm³/mol. The molecular formula is C49H29N5O2. The van der Waals surface area contributed by atoms with Crippen LogP contribution in [0.15, 0.2) is 185 Å². The van der Waals surface area contributed by atoms with E-state index >= 15 is 0 Å². The van der Waals surface area contributed by atoms with E-state index in [1.807, 2.05) is 140 Å². The lowest BCUT2D eigenvalue weighted by atomic mass is 9.97. The number of fused-ring (bicyclic) bond motifs is 6. The average molecular weight is 720 g/mol. The lowest BCUT2D eigenvalue weighted by Gasteiger charge is -2.09. The summed E-state index contributed by atoms with van der Waals surface area (Å²) in [6.07, 6.45) is 0. The summed E-state index contributed by atoms with van der Waals surface area (Å²) in [7, 11) is 0. The fourth-order valence-electron chi connectivity index (χ4n) is 7.50. The highest BCUT2D eigenvalue weighted by atomic mass is 16.3. The Morgan fingerprint density at radius 2 is 0.804 bits per heavy atom. The monoisotopic (exact) mass is 719 g/mol. The van der Waals surface area contributed by atoms with Gasteiger partial charge in [-0.2, -0.15) is 0 Å². The summed E-state index contributed by atoms with van der Waals surface area (Å²) in [6, 6.07) is 58.9. The summed E-state index contributed by atoms with van der Waals surface area (Å²) < 4.78 is 13.0. The summed E-state index contributed by atoms with van der Waals surface area (Å²) in [5.41, 5.74) is 11.1. The smallest absolute Gasteiger partial charge is 0.180 e. The number of rotatable bonds is 6. The maximum Gasteiger partial charge on any atom is 0.180 e. The van der Waals surface area contributed by atoms with Crippen molar-refractivity contribution >= 4 is 44.0 Å². The Morgan fingerprint density at radius 1 is 0.304 bits per heavy atom. The Kier molecular flexibility index (Phi) is 7.35. The van der Waals surface area contributed by atoms with Crippen LogP contribution in [0.25, 0.3) is 112 Å². The number of hydrogen-bond acceptors (Lipinski definition) is 7. The Morgan fingerprint density at radius 3 is 1.52 bits per heavy atom. The molecule has 0 spiro atoms. The molecule has 4 heterocycles. The Bertz CT molecular complexity index is 3170. The molecule has 262 valence electrons. The van der Waals surface area contributed by atoms with Crippen LogP contribution in [-0.2, 0) is 0 Å². The van der Waals surface area contributed by atoms with E-state index in [1.54, 1.807) is 0 Å². The van der Waals surface area contributed by atoms with Crippen LogP contribution >= 0.6 is 0 Å². The SMILES string of the molecule is c1ccc(-c2nc(-c3ccccc3)nc(-c3cccc4c3oc3cccc(-c5ccc(-c6nc(-c7ccccc7)c7oc8ccccc8c7n6)cc5)c34)n2)cc1. The molecule has 11 aromatic rings. The van der Waals surface area contributed by atoms with Crippen molar-refractivity contribution in [3.8, 4) is 67.9 Å². The lowest BCUT2D eigenvalue weighted by molar-refractivity contribution is 0.667. The van der Waals surface area contributed by atoms with Gasteiger partial charge in [-0.25, -0.2) is 24.9 Å². The largest absolute Gasteiger partial charge is 0.455 e. The summed E-state index contributed by atoms with van der Waals surface area (Å²) in [4.78, 5) is 25.0. The topological polar surface area (TPSA) is 90.7 Å². The maximum atomic E-state index is 6.68. The van der Waals surface area contributed by atoms with Crippen molar-refractivity contribution in [1.29, 1.82) is 0 Å². The highest BCUT2D eigenvalue weighted by molar-refractivity contribution is 6.15. The molecule has 0 bridgehead atoms. The molecule has 7 nitrogen and oxygen atoms in total. The second-order valence-electron chi connectivity index (χ2n) is 13.6. The van der Waals surface area contributed by atoms with Gasteiger partial charge in [0.05, 0.1) is 5.56 Å². The first kappa shape index (κ1) is 31.7. The van der Waals surface area contributed by atoms with Crippen molar-refractivity contribution in [2.24, 2.45) is 0 Å². The predicted octanol–water partition coefficient (Wildman–Crippen LogP) is 12.5. The van der Waals surface area contributed by atoms with E-state index in [0.29, 0.717) is 28.9 Å².